The van der Waals surface area contributed by atoms with Crippen LogP contribution in [0.1, 0.15) is 35.6 Å². The number of aryl methyl sites for hydroxylation is 1. The van der Waals surface area contributed by atoms with Crippen LogP contribution in [0.2, 0.25) is 5.02 Å². The van der Waals surface area contributed by atoms with Gasteiger partial charge in [0.25, 0.3) is 0 Å². The molecule has 32 heavy (non-hydrogen) atoms. The van der Waals surface area contributed by atoms with E-state index in [2.05, 4.69) is 34.8 Å². The average Bonchev–Trinajstić information content (AvgIpc) is 2.81. The molecule has 1 aliphatic rings. The first-order valence-corrected chi connectivity index (χ1v) is 11.3. The zero-order valence-electron chi connectivity index (χ0n) is 18.8. The number of rotatable bonds is 9. The van der Waals surface area contributed by atoms with Crippen LogP contribution in [0, 0.1) is 6.92 Å². The number of piperazine rings is 1. The number of hydrogen-bond donors (Lipinski definition) is 0. The molecule has 1 aliphatic heterocycles. The van der Waals surface area contributed by atoms with Crippen LogP contribution in [0.15, 0.2) is 48.5 Å². The summed E-state index contributed by atoms with van der Waals surface area (Å²) in [6.07, 6.45) is 0.218. The maximum Gasteiger partial charge on any atom is 0.306 e. The third kappa shape index (κ3) is 7.33. The van der Waals surface area contributed by atoms with Crippen LogP contribution in [0.3, 0.4) is 0 Å². The van der Waals surface area contributed by atoms with Gasteiger partial charge >= 0.3 is 5.97 Å². The van der Waals surface area contributed by atoms with Crippen LogP contribution in [-0.2, 0) is 25.7 Å². The first kappa shape index (κ1) is 24.2. The van der Waals surface area contributed by atoms with Crippen molar-refractivity contribution in [3.05, 3.63) is 70.2 Å². The number of nitrogens with zero attached hydrogens (tertiary/aromatic N) is 2. The summed E-state index contributed by atoms with van der Waals surface area (Å²) in [4.78, 5) is 27.8. The highest BCUT2D eigenvalue weighted by Crippen LogP contribution is 2.23. The van der Waals surface area contributed by atoms with E-state index < -0.39 is 0 Å². The molecule has 0 saturated carbocycles. The van der Waals surface area contributed by atoms with Crippen molar-refractivity contribution in [2.45, 2.75) is 32.5 Å². The molecule has 0 aliphatic carbocycles. The van der Waals surface area contributed by atoms with E-state index >= 15 is 0 Å². The first-order valence-electron chi connectivity index (χ1n) is 10.9. The van der Waals surface area contributed by atoms with Gasteiger partial charge in [-0.2, -0.15) is 0 Å². The van der Waals surface area contributed by atoms with Gasteiger partial charge < -0.3 is 14.4 Å². The predicted octanol–water partition coefficient (Wildman–Crippen LogP) is 4.00. The van der Waals surface area contributed by atoms with Gasteiger partial charge in [0.15, 0.2) is 0 Å². The molecule has 7 heteroatoms. The minimum absolute atomic E-state index is 0.00000123. The van der Waals surface area contributed by atoms with Crippen LogP contribution in [0.25, 0.3) is 0 Å². The van der Waals surface area contributed by atoms with Crippen LogP contribution in [-0.4, -0.2) is 61.5 Å². The lowest BCUT2D eigenvalue weighted by Crippen LogP contribution is -2.49. The Bertz CT molecular complexity index is 895. The van der Waals surface area contributed by atoms with E-state index in [-0.39, 0.29) is 30.8 Å². The lowest BCUT2D eigenvalue weighted by molar-refractivity contribution is -0.144. The van der Waals surface area contributed by atoms with Gasteiger partial charge in [-0.25, -0.2) is 0 Å². The summed E-state index contributed by atoms with van der Waals surface area (Å²) in [7, 11) is 1.34. The molecule has 0 aromatic heterocycles. The second-order valence-corrected chi connectivity index (χ2v) is 8.53. The van der Waals surface area contributed by atoms with Gasteiger partial charge in [-0.1, -0.05) is 53.6 Å². The van der Waals surface area contributed by atoms with Gasteiger partial charge in [0.1, 0.15) is 0 Å². The van der Waals surface area contributed by atoms with Crippen molar-refractivity contribution in [2.75, 3.05) is 39.8 Å². The monoisotopic (exact) mass is 458 g/mol. The van der Waals surface area contributed by atoms with E-state index in [0.29, 0.717) is 24.7 Å². The van der Waals surface area contributed by atoms with Crippen molar-refractivity contribution in [2.24, 2.45) is 0 Å². The molecule has 0 bridgehead atoms. The van der Waals surface area contributed by atoms with Crippen LogP contribution in [0.4, 0.5) is 0 Å². The topological polar surface area (TPSA) is 59.1 Å². The molecule has 6 nitrogen and oxygen atoms in total. The predicted molar refractivity (Wildman–Crippen MR) is 124 cm³/mol. The maximum absolute atomic E-state index is 12.4. The van der Waals surface area contributed by atoms with E-state index in [1.165, 1.54) is 12.7 Å². The van der Waals surface area contributed by atoms with E-state index in [0.717, 1.165) is 30.8 Å². The number of ether oxygens (including phenoxy) is 2. The van der Waals surface area contributed by atoms with Gasteiger partial charge in [-0.15, -0.1) is 0 Å². The summed E-state index contributed by atoms with van der Waals surface area (Å²) >= 11 is 6.08. The Balaban J connectivity index is 1.57. The summed E-state index contributed by atoms with van der Waals surface area (Å²) in [6, 6.07) is 16.1. The lowest BCUT2D eigenvalue weighted by Gasteiger charge is -2.36. The molecular formula is C25H31ClN2O4. The average molecular weight is 459 g/mol. The summed E-state index contributed by atoms with van der Waals surface area (Å²) in [5.41, 5.74) is 3.44. The number of carbonyl (C=O) groups is 2. The van der Waals surface area contributed by atoms with Gasteiger partial charge in [0.05, 0.1) is 26.2 Å². The number of benzene rings is 2. The Morgan fingerprint density at radius 1 is 1.03 bits per heavy atom. The first-order chi connectivity index (χ1) is 15.4. The number of methoxy groups -OCH3 is 1. The van der Waals surface area contributed by atoms with Crippen molar-refractivity contribution in [3.8, 4) is 0 Å². The SMILES string of the molecule is COC(=O)CCC(=O)N1CCN(CC(OCc2cccc(C)c2)c2ccc(Cl)cc2)CC1. The zero-order valence-corrected chi connectivity index (χ0v) is 19.5. The number of amides is 1. The molecule has 0 spiro atoms. The summed E-state index contributed by atoms with van der Waals surface area (Å²) in [5.74, 6) is -0.353. The number of carbonyl (C=O) groups excluding carboxylic acids is 2. The van der Waals surface area contributed by atoms with E-state index in [1.807, 2.05) is 35.2 Å². The Morgan fingerprint density at radius 3 is 2.41 bits per heavy atom. The van der Waals surface area contributed by atoms with Gasteiger partial charge in [0, 0.05) is 44.2 Å². The number of esters is 1. The van der Waals surface area contributed by atoms with Crippen LogP contribution < -0.4 is 0 Å². The normalized spacial score (nSPS) is 15.4. The fraction of sp³-hybridized carbons (Fsp3) is 0.440. The molecule has 1 atom stereocenters. The van der Waals surface area contributed by atoms with Gasteiger partial charge in [-0.3, -0.25) is 14.5 Å². The fourth-order valence-electron chi connectivity index (χ4n) is 3.81. The van der Waals surface area contributed by atoms with Crippen molar-refractivity contribution >= 4 is 23.5 Å². The molecule has 3 rings (SSSR count). The number of hydrogen-bond acceptors (Lipinski definition) is 5. The Morgan fingerprint density at radius 2 is 1.75 bits per heavy atom. The second-order valence-electron chi connectivity index (χ2n) is 8.10. The van der Waals surface area contributed by atoms with E-state index in [4.69, 9.17) is 16.3 Å². The molecule has 1 unspecified atom stereocenters. The molecule has 0 N–H and O–H groups in total. The Hall–Kier alpha value is -2.41. The van der Waals surface area contributed by atoms with Crippen LogP contribution in [0.5, 0.6) is 0 Å². The van der Waals surface area contributed by atoms with Crippen molar-refractivity contribution in [3.63, 3.8) is 0 Å². The standard InChI is InChI=1S/C25H31ClN2O4/c1-19-4-3-5-20(16-19)18-32-23(21-6-8-22(26)9-7-21)17-27-12-14-28(15-13-27)24(29)10-11-25(30)31-2/h3-9,16,23H,10-15,17-18H2,1-2H3. The van der Waals surface area contributed by atoms with Gasteiger partial charge in [-0.05, 0) is 30.2 Å². The lowest BCUT2D eigenvalue weighted by atomic mass is 10.1. The molecule has 2 aromatic rings. The largest absolute Gasteiger partial charge is 0.469 e. The summed E-state index contributed by atoms with van der Waals surface area (Å²) in [5, 5.41) is 0.699. The minimum atomic E-state index is -0.353. The van der Waals surface area contributed by atoms with E-state index in [1.54, 1.807) is 0 Å². The molecule has 1 fully saturated rings. The summed E-state index contributed by atoms with van der Waals surface area (Å²) < 4.78 is 11.0. The third-order valence-corrected chi connectivity index (χ3v) is 5.95. The minimum Gasteiger partial charge on any atom is -0.469 e. The Kier molecular flexibility index (Phi) is 9.09. The molecule has 1 saturated heterocycles. The zero-order chi connectivity index (χ0) is 22.9. The quantitative estimate of drug-likeness (QED) is 0.531. The van der Waals surface area contributed by atoms with Crippen molar-refractivity contribution in [1.82, 2.24) is 9.80 Å². The smallest absolute Gasteiger partial charge is 0.306 e. The highest BCUT2D eigenvalue weighted by Gasteiger charge is 2.24. The highest BCUT2D eigenvalue weighted by molar-refractivity contribution is 6.30. The summed E-state index contributed by atoms with van der Waals surface area (Å²) in [6.45, 7) is 6.16. The highest BCUT2D eigenvalue weighted by atomic mass is 35.5. The molecule has 0 radical (unpaired) electrons. The Labute approximate surface area is 195 Å². The number of halogens is 1. The molecule has 1 heterocycles. The van der Waals surface area contributed by atoms with E-state index in [9.17, 15) is 9.59 Å². The van der Waals surface area contributed by atoms with Crippen molar-refractivity contribution < 1.29 is 19.1 Å². The second kappa shape index (κ2) is 12.0. The maximum atomic E-state index is 12.4. The molecule has 1 amide bonds. The van der Waals surface area contributed by atoms with Crippen LogP contribution >= 0.6 is 11.6 Å². The fourth-order valence-corrected chi connectivity index (χ4v) is 3.94. The third-order valence-electron chi connectivity index (χ3n) is 5.70. The molecule has 172 valence electrons. The molecule has 2 aromatic carbocycles. The molecular weight excluding hydrogens is 428 g/mol. The van der Waals surface area contributed by atoms with Gasteiger partial charge in [0.2, 0.25) is 5.91 Å². The van der Waals surface area contributed by atoms with Crippen molar-refractivity contribution in [1.29, 1.82) is 0 Å².